The van der Waals surface area contributed by atoms with Crippen LogP contribution in [0.4, 0.5) is 10.1 Å². The van der Waals surface area contributed by atoms with Crippen molar-refractivity contribution in [3.8, 4) is 0 Å². The van der Waals surface area contributed by atoms with Crippen molar-refractivity contribution in [2.24, 2.45) is 5.92 Å². The van der Waals surface area contributed by atoms with Crippen LogP contribution in [0.1, 0.15) is 13.8 Å². The predicted molar refractivity (Wildman–Crippen MR) is 79.5 cm³/mol. The molecule has 0 bridgehead atoms. The maximum Gasteiger partial charge on any atom is 0.324 e. The highest BCUT2D eigenvalue weighted by molar-refractivity contribution is 9.10. The van der Waals surface area contributed by atoms with Gasteiger partial charge in [-0.1, -0.05) is 13.8 Å². The number of nitrogens with one attached hydrogen (secondary N) is 1. The highest BCUT2D eigenvalue weighted by Gasteiger charge is 2.30. The minimum absolute atomic E-state index is 0.0451. The number of ether oxygens (including phenoxy) is 1. The Morgan fingerprint density at radius 1 is 1.43 bits per heavy atom. The standard InChI is InChI=1S/C12H16BrFN2O4S/c1-6(2)11(12(17)20-3)16-21(18,19)10-4-7(13)8(14)5-9(10)15/h4-6,11,16H,15H2,1-3H3. The number of carbonyl (C=O) groups excluding carboxylic acids is 1. The summed E-state index contributed by atoms with van der Waals surface area (Å²) in [5, 5.41) is 0. The number of methoxy groups -OCH3 is 1. The number of rotatable bonds is 5. The van der Waals surface area contributed by atoms with Gasteiger partial charge in [-0.05, 0) is 34.0 Å². The molecule has 0 fully saturated rings. The van der Waals surface area contributed by atoms with Crippen molar-refractivity contribution >= 4 is 37.6 Å². The van der Waals surface area contributed by atoms with Gasteiger partial charge in [0, 0.05) is 0 Å². The lowest BCUT2D eigenvalue weighted by atomic mass is 10.1. The third-order valence-electron chi connectivity index (χ3n) is 2.75. The first-order valence-electron chi connectivity index (χ1n) is 5.94. The van der Waals surface area contributed by atoms with E-state index in [1.54, 1.807) is 13.8 Å². The molecule has 0 aliphatic rings. The van der Waals surface area contributed by atoms with E-state index in [1.165, 1.54) is 0 Å². The summed E-state index contributed by atoms with van der Waals surface area (Å²) in [5.74, 6) is -1.73. The lowest BCUT2D eigenvalue weighted by Gasteiger charge is -2.20. The van der Waals surface area contributed by atoms with E-state index >= 15 is 0 Å². The van der Waals surface area contributed by atoms with Crippen LogP contribution in [-0.2, 0) is 19.6 Å². The molecule has 0 spiro atoms. The summed E-state index contributed by atoms with van der Waals surface area (Å²) in [6, 6.07) is 0.867. The maximum atomic E-state index is 13.3. The monoisotopic (exact) mass is 382 g/mol. The van der Waals surface area contributed by atoms with Gasteiger partial charge in [0.15, 0.2) is 0 Å². The largest absolute Gasteiger partial charge is 0.468 e. The molecule has 1 atom stereocenters. The van der Waals surface area contributed by atoms with Crippen LogP contribution in [0.15, 0.2) is 21.5 Å². The zero-order valence-electron chi connectivity index (χ0n) is 11.7. The van der Waals surface area contributed by atoms with E-state index in [0.29, 0.717) is 0 Å². The van der Waals surface area contributed by atoms with Gasteiger partial charge in [-0.2, -0.15) is 4.72 Å². The molecule has 21 heavy (non-hydrogen) atoms. The van der Waals surface area contributed by atoms with Crippen LogP contribution >= 0.6 is 15.9 Å². The molecule has 1 rings (SSSR count). The summed E-state index contributed by atoms with van der Waals surface area (Å²) >= 11 is 2.90. The second-order valence-electron chi connectivity index (χ2n) is 4.67. The van der Waals surface area contributed by atoms with Crippen LogP contribution in [0.3, 0.4) is 0 Å². The molecular weight excluding hydrogens is 367 g/mol. The Balaban J connectivity index is 3.23. The topological polar surface area (TPSA) is 98.5 Å². The van der Waals surface area contributed by atoms with Gasteiger partial charge in [0.2, 0.25) is 10.0 Å². The van der Waals surface area contributed by atoms with Gasteiger partial charge in [0.25, 0.3) is 0 Å². The van der Waals surface area contributed by atoms with E-state index in [-0.39, 0.29) is 21.0 Å². The van der Waals surface area contributed by atoms with Crippen LogP contribution in [-0.4, -0.2) is 27.5 Å². The SMILES string of the molecule is COC(=O)C(NS(=O)(=O)c1cc(Br)c(F)cc1N)C(C)C. The average molecular weight is 383 g/mol. The second kappa shape index (κ2) is 6.71. The van der Waals surface area contributed by atoms with E-state index in [9.17, 15) is 17.6 Å². The molecule has 0 aliphatic carbocycles. The number of sulfonamides is 1. The summed E-state index contributed by atoms with van der Waals surface area (Å²) in [5.41, 5.74) is 5.29. The lowest BCUT2D eigenvalue weighted by molar-refractivity contribution is -0.143. The zero-order chi connectivity index (χ0) is 16.4. The Kier molecular flexibility index (Phi) is 5.71. The van der Waals surface area contributed by atoms with Crippen molar-refractivity contribution in [1.82, 2.24) is 4.72 Å². The predicted octanol–water partition coefficient (Wildman–Crippen LogP) is 1.65. The number of benzene rings is 1. The third-order valence-corrected chi connectivity index (χ3v) is 4.85. The van der Waals surface area contributed by atoms with Crippen LogP contribution in [0.25, 0.3) is 0 Å². The molecule has 0 saturated heterocycles. The summed E-state index contributed by atoms with van der Waals surface area (Å²) in [7, 11) is -2.94. The highest BCUT2D eigenvalue weighted by Crippen LogP contribution is 2.26. The molecule has 0 heterocycles. The van der Waals surface area contributed by atoms with Gasteiger partial charge in [0.1, 0.15) is 16.8 Å². The first-order valence-corrected chi connectivity index (χ1v) is 8.22. The molecule has 0 radical (unpaired) electrons. The summed E-state index contributed by atoms with van der Waals surface area (Å²) < 4.78 is 44.7. The van der Waals surface area contributed by atoms with Crippen LogP contribution in [0, 0.1) is 11.7 Å². The second-order valence-corrected chi connectivity index (χ2v) is 7.21. The van der Waals surface area contributed by atoms with Gasteiger partial charge < -0.3 is 10.5 Å². The van der Waals surface area contributed by atoms with Crippen LogP contribution in [0.5, 0.6) is 0 Å². The van der Waals surface area contributed by atoms with Crippen molar-refractivity contribution in [3.05, 3.63) is 22.4 Å². The van der Waals surface area contributed by atoms with Gasteiger partial charge in [-0.3, -0.25) is 4.79 Å². The van der Waals surface area contributed by atoms with Crippen molar-refractivity contribution in [2.45, 2.75) is 24.8 Å². The molecule has 9 heteroatoms. The fourth-order valence-electron chi connectivity index (χ4n) is 1.59. The normalized spacial score (nSPS) is 13.2. The fraction of sp³-hybridized carbons (Fsp3) is 0.417. The zero-order valence-corrected chi connectivity index (χ0v) is 14.1. The minimum Gasteiger partial charge on any atom is -0.468 e. The minimum atomic E-state index is -4.10. The number of esters is 1. The average Bonchev–Trinajstić information content (AvgIpc) is 2.38. The Labute approximate surface area is 131 Å². The van der Waals surface area contributed by atoms with Crippen molar-refractivity contribution in [1.29, 1.82) is 0 Å². The Hall–Kier alpha value is -1.19. The molecule has 3 N–H and O–H groups in total. The number of hydrogen-bond donors (Lipinski definition) is 2. The van der Waals surface area contributed by atoms with Gasteiger partial charge in [-0.25, -0.2) is 12.8 Å². The summed E-state index contributed by atoms with van der Waals surface area (Å²) in [6.07, 6.45) is 0. The molecule has 1 aromatic rings. The highest BCUT2D eigenvalue weighted by atomic mass is 79.9. The number of nitrogens with two attached hydrogens (primary N) is 1. The van der Waals surface area contributed by atoms with E-state index < -0.39 is 27.9 Å². The van der Waals surface area contributed by atoms with Crippen molar-refractivity contribution in [3.63, 3.8) is 0 Å². The molecule has 0 amide bonds. The molecule has 1 unspecified atom stereocenters. The number of halogens is 2. The van der Waals surface area contributed by atoms with E-state index in [4.69, 9.17) is 5.73 Å². The molecule has 0 aliphatic heterocycles. The van der Waals surface area contributed by atoms with Crippen molar-refractivity contribution in [2.75, 3.05) is 12.8 Å². The molecular formula is C12H16BrFN2O4S. The van der Waals surface area contributed by atoms with Crippen molar-refractivity contribution < 1.29 is 22.3 Å². The Morgan fingerprint density at radius 2 is 2.00 bits per heavy atom. The maximum absolute atomic E-state index is 13.3. The smallest absolute Gasteiger partial charge is 0.324 e. The first kappa shape index (κ1) is 17.9. The molecule has 1 aromatic carbocycles. The summed E-state index contributed by atoms with van der Waals surface area (Å²) in [6.45, 7) is 3.32. The van der Waals surface area contributed by atoms with E-state index in [2.05, 4.69) is 25.4 Å². The number of hydrogen-bond acceptors (Lipinski definition) is 5. The van der Waals surface area contributed by atoms with E-state index in [1.807, 2.05) is 0 Å². The number of carbonyl (C=O) groups is 1. The van der Waals surface area contributed by atoms with E-state index in [0.717, 1.165) is 19.2 Å². The number of nitrogen functional groups attached to an aromatic ring is 1. The molecule has 0 aromatic heterocycles. The Morgan fingerprint density at radius 3 is 2.48 bits per heavy atom. The van der Waals surface area contributed by atoms with Gasteiger partial charge >= 0.3 is 5.97 Å². The first-order chi connectivity index (χ1) is 9.60. The number of anilines is 1. The molecule has 0 saturated carbocycles. The van der Waals surface area contributed by atoms with Gasteiger partial charge in [-0.15, -0.1) is 0 Å². The quantitative estimate of drug-likeness (QED) is 0.595. The molecule has 6 nitrogen and oxygen atoms in total. The Bertz CT molecular complexity index is 649. The van der Waals surface area contributed by atoms with Crippen LogP contribution < -0.4 is 10.5 Å². The fourth-order valence-corrected chi connectivity index (χ4v) is 3.56. The van der Waals surface area contributed by atoms with Crippen LogP contribution in [0.2, 0.25) is 0 Å². The lowest BCUT2D eigenvalue weighted by Crippen LogP contribution is -2.45. The molecule has 118 valence electrons. The summed E-state index contributed by atoms with van der Waals surface area (Å²) in [4.78, 5) is 11.3. The van der Waals surface area contributed by atoms with Gasteiger partial charge in [0.05, 0.1) is 17.3 Å². The third kappa shape index (κ3) is 4.14.